The zero-order chi connectivity index (χ0) is 25.8. The number of amides is 2. The van der Waals surface area contributed by atoms with Crippen molar-refractivity contribution in [2.45, 2.75) is 26.1 Å². The van der Waals surface area contributed by atoms with E-state index in [0.29, 0.717) is 16.2 Å². The molecule has 9 heteroatoms. The standard InChI is InChI=1S/C26H25ClF3N3O2/c1-16-8-7-9-17(2)23(16)32-22(34)15-33(3)24(18-10-5-4-6-11-18)25(35)31-19-12-13-21(27)20(14-19)26(28,29)30/h4-14,24H,15H2,1-3H3,(H,31,35)(H,32,34)/p+1/t24-/m0/s1. The van der Waals surface area contributed by atoms with E-state index in [1.165, 1.54) is 6.07 Å². The lowest BCUT2D eigenvalue weighted by atomic mass is 10.0. The lowest BCUT2D eigenvalue weighted by molar-refractivity contribution is -0.893. The van der Waals surface area contributed by atoms with E-state index in [2.05, 4.69) is 10.6 Å². The maximum atomic E-state index is 13.3. The molecular weight excluding hydrogens is 479 g/mol. The quantitative estimate of drug-likeness (QED) is 0.432. The zero-order valence-corrected chi connectivity index (χ0v) is 20.2. The highest BCUT2D eigenvalue weighted by molar-refractivity contribution is 6.31. The lowest BCUT2D eigenvalue weighted by Gasteiger charge is -2.25. The minimum atomic E-state index is -4.66. The summed E-state index contributed by atoms with van der Waals surface area (Å²) in [6, 6.07) is 16.8. The summed E-state index contributed by atoms with van der Waals surface area (Å²) in [6.07, 6.45) is -4.66. The van der Waals surface area contributed by atoms with Crippen LogP contribution in [-0.2, 0) is 15.8 Å². The minimum absolute atomic E-state index is 0.0413. The van der Waals surface area contributed by atoms with Gasteiger partial charge in [-0.1, -0.05) is 60.1 Å². The number of hydrogen-bond donors (Lipinski definition) is 3. The number of likely N-dealkylation sites (N-methyl/N-ethyl adjacent to an activating group) is 1. The number of quaternary nitrogens is 1. The van der Waals surface area contributed by atoms with Crippen molar-refractivity contribution in [2.75, 3.05) is 24.2 Å². The monoisotopic (exact) mass is 504 g/mol. The summed E-state index contributed by atoms with van der Waals surface area (Å²) in [5.74, 6) is -0.844. The molecule has 1 unspecified atom stereocenters. The van der Waals surface area contributed by atoms with Crippen molar-refractivity contribution in [1.82, 2.24) is 0 Å². The molecule has 3 aromatic carbocycles. The fraction of sp³-hybridized carbons (Fsp3) is 0.231. The van der Waals surface area contributed by atoms with Gasteiger partial charge < -0.3 is 15.5 Å². The average molecular weight is 505 g/mol. The first-order chi connectivity index (χ1) is 16.5. The highest BCUT2D eigenvalue weighted by Crippen LogP contribution is 2.36. The molecule has 2 atom stereocenters. The molecule has 0 bridgehead atoms. The van der Waals surface area contributed by atoms with Gasteiger partial charge in [0.1, 0.15) is 0 Å². The molecule has 0 saturated heterocycles. The van der Waals surface area contributed by atoms with Gasteiger partial charge >= 0.3 is 6.18 Å². The lowest BCUT2D eigenvalue weighted by Crippen LogP contribution is -3.11. The van der Waals surface area contributed by atoms with Gasteiger partial charge in [-0.05, 0) is 43.2 Å². The van der Waals surface area contributed by atoms with Gasteiger partial charge in [0.2, 0.25) is 0 Å². The number of aryl methyl sites for hydroxylation is 2. The normalized spacial score (nSPS) is 13.1. The van der Waals surface area contributed by atoms with Crippen LogP contribution in [0.15, 0.2) is 66.7 Å². The minimum Gasteiger partial charge on any atom is -0.321 e. The average Bonchev–Trinajstić information content (AvgIpc) is 2.78. The number of carbonyl (C=O) groups excluding carboxylic acids is 2. The van der Waals surface area contributed by atoms with Crippen molar-refractivity contribution >= 4 is 34.8 Å². The summed E-state index contributed by atoms with van der Waals surface area (Å²) < 4.78 is 39.8. The number of anilines is 2. The SMILES string of the molecule is Cc1cccc(C)c1NC(=O)C[NH+](C)[C@H](C(=O)Nc1ccc(Cl)c(C(F)(F)F)c1)c1ccccc1. The molecule has 0 heterocycles. The van der Waals surface area contributed by atoms with Crippen LogP contribution in [0, 0.1) is 13.8 Å². The molecule has 3 rings (SSSR count). The third-order valence-corrected chi connectivity index (χ3v) is 5.94. The van der Waals surface area contributed by atoms with Crippen molar-refractivity contribution in [2.24, 2.45) is 0 Å². The highest BCUT2D eigenvalue weighted by Gasteiger charge is 2.35. The third kappa shape index (κ3) is 6.61. The van der Waals surface area contributed by atoms with E-state index in [9.17, 15) is 22.8 Å². The molecule has 0 aliphatic rings. The van der Waals surface area contributed by atoms with E-state index in [1.54, 1.807) is 37.4 Å². The maximum Gasteiger partial charge on any atom is 0.417 e. The van der Waals surface area contributed by atoms with Crippen LogP contribution in [-0.4, -0.2) is 25.4 Å². The predicted molar refractivity (Wildman–Crippen MR) is 131 cm³/mol. The van der Waals surface area contributed by atoms with Crippen LogP contribution in [0.3, 0.4) is 0 Å². The third-order valence-electron chi connectivity index (χ3n) is 5.61. The van der Waals surface area contributed by atoms with E-state index in [4.69, 9.17) is 11.6 Å². The van der Waals surface area contributed by atoms with E-state index in [0.717, 1.165) is 23.3 Å². The Balaban J connectivity index is 1.83. The first-order valence-corrected chi connectivity index (χ1v) is 11.3. The zero-order valence-electron chi connectivity index (χ0n) is 19.5. The first-order valence-electron chi connectivity index (χ1n) is 10.9. The number of benzene rings is 3. The molecule has 3 aromatic rings. The Labute approximate surface area is 206 Å². The van der Waals surface area contributed by atoms with E-state index >= 15 is 0 Å². The second-order valence-electron chi connectivity index (χ2n) is 8.36. The highest BCUT2D eigenvalue weighted by atomic mass is 35.5. The molecule has 2 amide bonds. The number of rotatable bonds is 7. The molecule has 0 aliphatic carbocycles. The van der Waals surface area contributed by atoms with Gasteiger partial charge in [0.25, 0.3) is 11.8 Å². The Morgan fingerprint density at radius 3 is 2.17 bits per heavy atom. The van der Waals surface area contributed by atoms with Crippen LogP contribution >= 0.6 is 11.6 Å². The Morgan fingerprint density at radius 1 is 0.943 bits per heavy atom. The first kappa shape index (κ1) is 26.2. The predicted octanol–water partition coefficient (Wildman–Crippen LogP) is 4.81. The van der Waals surface area contributed by atoms with Gasteiger partial charge in [0.15, 0.2) is 12.6 Å². The number of alkyl halides is 3. The Hall–Kier alpha value is -3.36. The van der Waals surface area contributed by atoms with Gasteiger partial charge in [-0.3, -0.25) is 9.59 Å². The second-order valence-corrected chi connectivity index (χ2v) is 8.77. The van der Waals surface area contributed by atoms with Crippen LogP contribution in [0.4, 0.5) is 24.5 Å². The van der Waals surface area contributed by atoms with E-state index < -0.39 is 28.7 Å². The Kier molecular flexibility index (Phi) is 8.19. The Bertz CT molecular complexity index is 1200. The van der Waals surface area contributed by atoms with Gasteiger partial charge in [0.05, 0.1) is 17.6 Å². The van der Waals surface area contributed by atoms with E-state index in [1.807, 2.05) is 32.0 Å². The van der Waals surface area contributed by atoms with Gasteiger partial charge in [-0.15, -0.1) is 0 Å². The molecule has 184 valence electrons. The number of halogens is 4. The van der Waals surface area contributed by atoms with Crippen LogP contribution in [0.25, 0.3) is 0 Å². The van der Waals surface area contributed by atoms with Gasteiger partial charge in [-0.2, -0.15) is 13.2 Å². The summed E-state index contributed by atoms with van der Waals surface area (Å²) in [6.45, 7) is 3.73. The number of carbonyl (C=O) groups is 2. The molecule has 35 heavy (non-hydrogen) atoms. The molecular formula is C26H26ClF3N3O2+. The van der Waals surface area contributed by atoms with Crippen molar-refractivity contribution in [3.63, 3.8) is 0 Å². The van der Waals surface area contributed by atoms with Crippen LogP contribution in [0.2, 0.25) is 5.02 Å². The molecule has 0 aromatic heterocycles. The van der Waals surface area contributed by atoms with Crippen molar-refractivity contribution in [3.8, 4) is 0 Å². The number of para-hydroxylation sites is 1. The number of hydrogen-bond acceptors (Lipinski definition) is 2. The number of nitrogens with one attached hydrogen (secondary N) is 3. The molecule has 0 aliphatic heterocycles. The molecule has 0 saturated carbocycles. The van der Waals surface area contributed by atoms with Gasteiger partial charge in [-0.25, -0.2) is 0 Å². The molecule has 3 N–H and O–H groups in total. The van der Waals surface area contributed by atoms with Crippen LogP contribution < -0.4 is 15.5 Å². The second kappa shape index (κ2) is 10.9. The smallest absolute Gasteiger partial charge is 0.321 e. The summed E-state index contributed by atoms with van der Waals surface area (Å²) in [4.78, 5) is 26.6. The summed E-state index contributed by atoms with van der Waals surface area (Å²) >= 11 is 5.69. The van der Waals surface area contributed by atoms with E-state index in [-0.39, 0.29) is 18.1 Å². The largest absolute Gasteiger partial charge is 0.417 e. The van der Waals surface area contributed by atoms with Crippen LogP contribution in [0.1, 0.15) is 28.3 Å². The fourth-order valence-electron chi connectivity index (χ4n) is 3.89. The topological polar surface area (TPSA) is 62.6 Å². The molecule has 0 radical (unpaired) electrons. The van der Waals surface area contributed by atoms with Gasteiger partial charge in [0, 0.05) is 16.9 Å². The fourth-order valence-corrected chi connectivity index (χ4v) is 4.12. The molecule has 0 spiro atoms. The summed E-state index contributed by atoms with van der Waals surface area (Å²) in [7, 11) is 1.69. The van der Waals surface area contributed by atoms with Crippen molar-refractivity contribution in [1.29, 1.82) is 0 Å². The Morgan fingerprint density at radius 2 is 1.57 bits per heavy atom. The maximum absolute atomic E-state index is 13.3. The molecule has 5 nitrogen and oxygen atoms in total. The van der Waals surface area contributed by atoms with Crippen LogP contribution in [0.5, 0.6) is 0 Å². The summed E-state index contributed by atoms with van der Waals surface area (Å²) in [5, 5.41) is 5.00. The van der Waals surface area contributed by atoms with Crippen molar-refractivity contribution in [3.05, 3.63) is 94.0 Å². The summed E-state index contributed by atoms with van der Waals surface area (Å²) in [5.41, 5.74) is 2.08. The van der Waals surface area contributed by atoms with Crippen molar-refractivity contribution < 1.29 is 27.7 Å². The molecule has 0 fully saturated rings.